The number of ether oxygens (including phenoxy) is 1. The Morgan fingerprint density at radius 1 is 1.20 bits per heavy atom. The summed E-state index contributed by atoms with van der Waals surface area (Å²) >= 11 is 5.43. The summed E-state index contributed by atoms with van der Waals surface area (Å²) in [6.45, 7) is 3.15. The standard InChI is InChI=1S/C16H20BrNOS/c1-3-18-13(11-16-15(17)8-9-20-16)10-12-4-6-14(19-2)7-5-12/h4-9,13,18H,3,10-11H2,1-2H3. The van der Waals surface area contributed by atoms with Crippen molar-refractivity contribution in [2.45, 2.75) is 25.8 Å². The summed E-state index contributed by atoms with van der Waals surface area (Å²) in [5.74, 6) is 0.912. The molecule has 0 aliphatic carbocycles. The van der Waals surface area contributed by atoms with E-state index < -0.39 is 0 Å². The molecular weight excluding hydrogens is 334 g/mol. The Bertz CT molecular complexity index is 524. The van der Waals surface area contributed by atoms with Gasteiger partial charge in [-0.1, -0.05) is 19.1 Å². The molecule has 2 rings (SSSR count). The molecule has 0 saturated carbocycles. The first-order chi connectivity index (χ1) is 9.72. The summed E-state index contributed by atoms with van der Waals surface area (Å²) in [5, 5.41) is 5.71. The number of benzene rings is 1. The molecule has 1 aromatic carbocycles. The Morgan fingerprint density at radius 3 is 2.50 bits per heavy atom. The summed E-state index contributed by atoms with van der Waals surface area (Å²) in [6.07, 6.45) is 2.08. The van der Waals surface area contributed by atoms with Gasteiger partial charge in [0, 0.05) is 15.4 Å². The molecule has 0 aliphatic rings. The lowest BCUT2D eigenvalue weighted by molar-refractivity contribution is 0.414. The minimum Gasteiger partial charge on any atom is -0.497 e. The molecule has 0 spiro atoms. The molecule has 0 fully saturated rings. The first kappa shape index (κ1) is 15.5. The smallest absolute Gasteiger partial charge is 0.118 e. The fourth-order valence-electron chi connectivity index (χ4n) is 2.25. The minimum atomic E-state index is 0.461. The maximum absolute atomic E-state index is 5.20. The van der Waals surface area contributed by atoms with Crippen molar-refractivity contribution in [1.29, 1.82) is 0 Å². The van der Waals surface area contributed by atoms with Gasteiger partial charge in [-0.25, -0.2) is 0 Å². The number of likely N-dealkylation sites (N-methyl/N-ethyl adjacent to an activating group) is 1. The van der Waals surface area contributed by atoms with Crippen molar-refractivity contribution in [3.05, 3.63) is 50.6 Å². The van der Waals surface area contributed by atoms with Crippen LogP contribution >= 0.6 is 27.3 Å². The Kier molecular flexibility index (Phi) is 6.07. The molecule has 1 unspecified atom stereocenters. The van der Waals surface area contributed by atoms with E-state index in [1.54, 1.807) is 7.11 Å². The third kappa shape index (κ3) is 4.33. The molecule has 0 aliphatic heterocycles. The molecule has 20 heavy (non-hydrogen) atoms. The van der Waals surface area contributed by atoms with Crippen LogP contribution in [0.3, 0.4) is 0 Å². The maximum atomic E-state index is 5.20. The Morgan fingerprint density at radius 2 is 1.95 bits per heavy atom. The lowest BCUT2D eigenvalue weighted by Crippen LogP contribution is -2.32. The highest BCUT2D eigenvalue weighted by Crippen LogP contribution is 2.25. The third-order valence-corrected chi connectivity index (χ3v) is 5.21. The highest BCUT2D eigenvalue weighted by Gasteiger charge is 2.12. The second-order valence-corrected chi connectivity index (χ2v) is 6.56. The van der Waals surface area contributed by atoms with Crippen molar-refractivity contribution < 1.29 is 4.74 Å². The number of halogens is 1. The Hall–Kier alpha value is -0.840. The largest absolute Gasteiger partial charge is 0.497 e. The molecule has 0 saturated heterocycles. The normalized spacial score (nSPS) is 12.3. The number of hydrogen-bond donors (Lipinski definition) is 1. The molecule has 1 heterocycles. The van der Waals surface area contributed by atoms with Crippen molar-refractivity contribution in [3.63, 3.8) is 0 Å². The van der Waals surface area contributed by atoms with Gasteiger partial charge >= 0.3 is 0 Å². The summed E-state index contributed by atoms with van der Waals surface area (Å²) in [5.41, 5.74) is 1.34. The second-order valence-electron chi connectivity index (χ2n) is 4.70. The highest BCUT2D eigenvalue weighted by molar-refractivity contribution is 9.10. The highest BCUT2D eigenvalue weighted by atomic mass is 79.9. The van der Waals surface area contributed by atoms with Gasteiger partial charge in [0.05, 0.1) is 7.11 Å². The van der Waals surface area contributed by atoms with Gasteiger partial charge < -0.3 is 10.1 Å². The quantitative estimate of drug-likeness (QED) is 0.801. The predicted octanol–water partition coefficient (Wildman–Crippen LogP) is 4.28. The molecule has 0 bridgehead atoms. The zero-order chi connectivity index (χ0) is 14.4. The Balaban J connectivity index is 2.02. The lowest BCUT2D eigenvalue weighted by Gasteiger charge is -2.18. The first-order valence-corrected chi connectivity index (χ1v) is 8.48. The van der Waals surface area contributed by atoms with Crippen LogP contribution in [0, 0.1) is 0 Å². The van der Waals surface area contributed by atoms with Gasteiger partial charge in [-0.15, -0.1) is 11.3 Å². The van der Waals surface area contributed by atoms with E-state index in [-0.39, 0.29) is 0 Å². The van der Waals surface area contributed by atoms with Gasteiger partial charge in [0.2, 0.25) is 0 Å². The summed E-state index contributed by atoms with van der Waals surface area (Å²) in [6, 6.07) is 10.9. The van der Waals surface area contributed by atoms with Crippen LogP contribution in [-0.2, 0) is 12.8 Å². The van der Waals surface area contributed by atoms with Crippen LogP contribution in [0.1, 0.15) is 17.4 Å². The monoisotopic (exact) mass is 353 g/mol. The summed E-state index contributed by atoms with van der Waals surface area (Å²) in [7, 11) is 1.70. The van der Waals surface area contributed by atoms with Gasteiger partial charge in [0.25, 0.3) is 0 Å². The van der Waals surface area contributed by atoms with E-state index in [1.165, 1.54) is 14.9 Å². The average molecular weight is 354 g/mol. The van der Waals surface area contributed by atoms with E-state index in [2.05, 4.69) is 51.7 Å². The van der Waals surface area contributed by atoms with E-state index >= 15 is 0 Å². The van der Waals surface area contributed by atoms with E-state index in [4.69, 9.17) is 4.74 Å². The fraction of sp³-hybridized carbons (Fsp3) is 0.375. The molecule has 0 amide bonds. The maximum Gasteiger partial charge on any atom is 0.118 e. The zero-order valence-corrected chi connectivity index (χ0v) is 14.3. The minimum absolute atomic E-state index is 0.461. The van der Waals surface area contributed by atoms with Crippen LogP contribution in [0.15, 0.2) is 40.2 Å². The first-order valence-electron chi connectivity index (χ1n) is 6.81. The van der Waals surface area contributed by atoms with Gasteiger partial charge in [0.15, 0.2) is 0 Å². The topological polar surface area (TPSA) is 21.3 Å². The van der Waals surface area contributed by atoms with Crippen molar-refractivity contribution in [2.24, 2.45) is 0 Å². The number of methoxy groups -OCH3 is 1. The molecule has 108 valence electrons. The number of rotatable bonds is 7. The Labute approximate surface area is 133 Å². The van der Waals surface area contributed by atoms with Crippen LogP contribution in [0.5, 0.6) is 5.75 Å². The summed E-state index contributed by atoms with van der Waals surface area (Å²) in [4.78, 5) is 1.41. The molecule has 2 nitrogen and oxygen atoms in total. The van der Waals surface area contributed by atoms with Crippen molar-refractivity contribution in [2.75, 3.05) is 13.7 Å². The van der Waals surface area contributed by atoms with Gasteiger partial charge in [-0.05, 0) is 64.5 Å². The fourth-order valence-corrected chi connectivity index (χ4v) is 3.84. The van der Waals surface area contributed by atoms with Crippen LogP contribution < -0.4 is 10.1 Å². The van der Waals surface area contributed by atoms with Crippen LogP contribution in [-0.4, -0.2) is 19.7 Å². The van der Waals surface area contributed by atoms with E-state index in [0.29, 0.717) is 6.04 Å². The average Bonchev–Trinajstić information content (AvgIpc) is 2.85. The summed E-state index contributed by atoms with van der Waals surface area (Å²) < 4.78 is 6.42. The molecule has 1 atom stereocenters. The number of thiophene rings is 1. The lowest BCUT2D eigenvalue weighted by atomic mass is 10.0. The van der Waals surface area contributed by atoms with Gasteiger partial charge in [-0.2, -0.15) is 0 Å². The number of hydrogen-bond acceptors (Lipinski definition) is 3. The van der Waals surface area contributed by atoms with Crippen LogP contribution in [0.2, 0.25) is 0 Å². The molecule has 1 aromatic heterocycles. The molecule has 0 radical (unpaired) electrons. The predicted molar refractivity (Wildman–Crippen MR) is 89.9 cm³/mol. The zero-order valence-electron chi connectivity index (χ0n) is 11.9. The van der Waals surface area contributed by atoms with Crippen molar-refractivity contribution in [3.8, 4) is 5.75 Å². The molecule has 1 N–H and O–H groups in total. The van der Waals surface area contributed by atoms with Crippen molar-refractivity contribution >= 4 is 27.3 Å². The van der Waals surface area contributed by atoms with Gasteiger partial charge in [-0.3, -0.25) is 0 Å². The van der Waals surface area contributed by atoms with Crippen molar-refractivity contribution in [1.82, 2.24) is 5.32 Å². The second kappa shape index (κ2) is 7.81. The van der Waals surface area contributed by atoms with Gasteiger partial charge in [0.1, 0.15) is 5.75 Å². The van der Waals surface area contributed by atoms with Crippen LogP contribution in [0.4, 0.5) is 0 Å². The number of nitrogens with one attached hydrogen (secondary N) is 1. The van der Waals surface area contributed by atoms with Crippen LogP contribution in [0.25, 0.3) is 0 Å². The van der Waals surface area contributed by atoms with E-state index in [1.807, 2.05) is 23.5 Å². The molecular formula is C16H20BrNOS. The third-order valence-electron chi connectivity index (χ3n) is 3.26. The molecule has 4 heteroatoms. The SMILES string of the molecule is CCNC(Cc1ccc(OC)cc1)Cc1sccc1Br. The van der Waals surface area contributed by atoms with E-state index in [0.717, 1.165) is 25.1 Å². The molecule has 2 aromatic rings. The van der Waals surface area contributed by atoms with E-state index in [9.17, 15) is 0 Å².